The zero-order valence-electron chi connectivity index (χ0n) is 18.3. The summed E-state index contributed by atoms with van der Waals surface area (Å²) in [5, 5.41) is 8.96. The average Bonchev–Trinajstić information content (AvgIpc) is 2.84. The number of ether oxygens (including phenoxy) is 1. The van der Waals surface area contributed by atoms with Gasteiger partial charge in [-0.1, -0.05) is 6.92 Å². The second kappa shape index (κ2) is 9.40. The van der Waals surface area contributed by atoms with Gasteiger partial charge in [-0.2, -0.15) is 4.31 Å². The van der Waals surface area contributed by atoms with Crippen molar-refractivity contribution in [2.75, 3.05) is 49.6 Å². The molecule has 0 bridgehead atoms. The second-order valence-corrected chi connectivity index (χ2v) is 10.0. The minimum Gasteiger partial charge on any atom is -0.497 e. The summed E-state index contributed by atoms with van der Waals surface area (Å²) in [6.07, 6.45) is 4.81. The summed E-state index contributed by atoms with van der Waals surface area (Å²) in [5.74, 6) is 2.38. The molecule has 1 unspecified atom stereocenters. The van der Waals surface area contributed by atoms with E-state index in [1.807, 2.05) is 6.07 Å². The summed E-state index contributed by atoms with van der Waals surface area (Å²) in [6, 6.07) is 11.1. The van der Waals surface area contributed by atoms with E-state index in [2.05, 4.69) is 33.0 Å². The second-order valence-electron chi connectivity index (χ2n) is 8.07. The van der Waals surface area contributed by atoms with Gasteiger partial charge in [0.2, 0.25) is 10.0 Å². The highest BCUT2D eigenvalue weighted by Gasteiger charge is 2.29. The topological polar surface area (TPSA) is 78.9 Å². The molecule has 1 aromatic carbocycles. The lowest BCUT2D eigenvalue weighted by atomic mass is 10.0. The van der Waals surface area contributed by atoms with Gasteiger partial charge in [0.1, 0.15) is 5.75 Å². The molecule has 1 aromatic heterocycles. The SMILES string of the molecule is CCC1CCCCN1c1ccc(N2CCN(S(=O)(=O)c3ccc(OC)cc3)CC2)nn1. The molecule has 2 aromatic rings. The van der Waals surface area contributed by atoms with Crippen LogP contribution in [0.4, 0.5) is 11.6 Å². The maximum absolute atomic E-state index is 12.9. The number of hydrogen-bond donors (Lipinski definition) is 0. The number of piperazine rings is 1. The van der Waals surface area contributed by atoms with Crippen LogP contribution < -0.4 is 14.5 Å². The summed E-state index contributed by atoms with van der Waals surface area (Å²) >= 11 is 0. The van der Waals surface area contributed by atoms with E-state index in [0.29, 0.717) is 38.0 Å². The third-order valence-corrected chi connectivity index (χ3v) is 8.20. The zero-order valence-corrected chi connectivity index (χ0v) is 19.1. The number of anilines is 2. The van der Waals surface area contributed by atoms with Crippen molar-refractivity contribution in [3.05, 3.63) is 36.4 Å². The van der Waals surface area contributed by atoms with Crippen molar-refractivity contribution in [3.8, 4) is 5.75 Å². The first-order valence-electron chi connectivity index (χ1n) is 11.0. The van der Waals surface area contributed by atoms with E-state index in [1.165, 1.54) is 23.6 Å². The maximum Gasteiger partial charge on any atom is 0.243 e. The molecule has 0 amide bonds. The first kappa shape index (κ1) is 21.8. The van der Waals surface area contributed by atoms with Crippen molar-refractivity contribution in [1.82, 2.24) is 14.5 Å². The number of methoxy groups -OCH3 is 1. The number of rotatable bonds is 6. The molecule has 2 saturated heterocycles. The van der Waals surface area contributed by atoms with Crippen LogP contribution in [0, 0.1) is 0 Å². The highest BCUT2D eigenvalue weighted by molar-refractivity contribution is 7.89. The smallest absolute Gasteiger partial charge is 0.243 e. The maximum atomic E-state index is 12.9. The van der Waals surface area contributed by atoms with E-state index in [4.69, 9.17) is 4.74 Å². The number of benzene rings is 1. The molecule has 31 heavy (non-hydrogen) atoms. The van der Waals surface area contributed by atoms with E-state index in [1.54, 1.807) is 31.4 Å². The minimum absolute atomic E-state index is 0.290. The first-order valence-corrected chi connectivity index (χ1v) is 12.5. The molecule has 8 nitrogen and oxygen atoms in total. The lowest BCUT2D eigenvalue weighted by Gasteiger charge is -2.36. The monoisotopic (exact) mass is 445 g/mol. The van der Waals surface area contributed by atoms with Crippen molar-refractivity contribution in [3.63, 3.8) is 0 Å². The van der Waals surface area contributed by atoms with Crippen LogP contribution in [0.25, 0.3) is 0 Å². The molecule has 1 atom stereocenters. The highest BCUT2D eigenvalue weighted by Crippen LogP contribution is 2.26. The predicted molar refractivity (Wildman–Crippen MR) is 121 cm³/mol. The number of hydrogen-bond acceptors (Lipinski definition) is 7. The van der Waals surface area contributed by atoms with Crippen molar-refractivity contribution in [2.24, 2.45) is 0 Å². The van der Waals surface area contributed by atoms with E-state index >= 15 is 0 Å². The molecule has 0 N–H and O–H groups in total. The van der Waals surface area contributed by atoms with Gasteiger partial charge < -0.3 is 14.5 Å². The molecule has 0 aliphatic carbocycles. The van der Waals surface area contributed by atoms with E-state index in [9.17, 15) is 8.42 Å². The van der Waals surface area contributed by atoms with Gasteiger partial charge in [-0.15, -0.1) is 10.2 Å². The van der Waals surface area contributed by atoms with Gasteiger partial charge in [0, 0.05) is 38.8 Å². The van der Waals surface area contributed by atoms with Gasteiger partial charge in [-0.05, 0) is 62.1 Å². The van der Waals surface area contributed by atoms with Crippen LogP contribution in [0.5, 0.6) is 5.75 Å². The molecular weight excluding hydrogens is 414 g/mol. The summed E-state index contributed by atoms with van der Waals surface area (Å²) in [6.45, 7) is 5.28. The van der Waals surface area contributed by atoms with E-state index in [-0.39, 0.29) is 4.90 Å². The van der Waals surface area contributed by atoms with Gasteiger partial charge in [0.25, 0.3) is 0 Å². The molecule has 0 spiro atoms. The number of piperidine rings is 1. The fourth-order valence-corrected chi connectivity index (χ4v) is 5.84. The third kappa shape index (κ3) is 4.62. The normalized spacial score (nSPS) is 20.6. The highest BCUT2D eigenvalue weighted by atomic mass is 32.2. The number of aromatic nitrogens is 2. The molecule has 2 fully saturated rings. The number of sulfonamides is 1. The molecular formula is C22H31N5O3S. The Hall–Kier alpha value is -2.39. The zero-order chi connectivity index (χ0) is 21.8. The molecule has 2 aliphatic rings. The Morgan fingerprint density at radius 2 is 1.61 bits per heavy atom. The molecule has 3 heterocycles. The van der Waals surface area contributed by atoms with Crippen molar-refractivity contribution in [1.29, 1.82) is 0 Å². The Bertz CT molecular complexity index is 958. The van der Waals surface area contributed by atoms with Crippen LogP contribution in [0.1, 0.15) is 32.6 Å². The first-order chi connectivity index (χ1) is 15.0. The molecule has 2 aliphatic heterocycles. The van der Waals surface area contributed by atoms with Gasteiger partial charge in [0.05, 0.1) is 12.0 Å². The largest absolute Gasteiger partial charge is 0.497 e. The molecule has 4 rings (SSSR count). The lowest BCUT2D eigenvalue weighted by molar-refractivity contribution is 0.383. The lowest BCUT2D eigenvalue weighted by Crippen LogP contribution is -2.49. The van der Waals surface area contributed by atoms with Crippen LogP contribution >= 0.6 is 0 Å². The predicted octanol–water partition coefficient (Wildman–Crippen LogP) is 2.77. The van der Waals surface area contributed by atoms with Crippen molar-refractivity contribution in [2.45, 2.75) is 43.5 Å². The summed E-state index contributed by atoms with van der Waals surface area (Å²) in [4.78, 5) is 4.77. The van der Waals surface area contributed by atoms with Crippen LogP contribution in [-0.4, -0.2) is 68.8 Å². The summed E-state index contributed by atoms with van der Waals surface area (Å²) < 4.78 is 32.5. The summed E-state index contributed by atoms with van der Waals surface area (Å²) in [7, 11) is -1.95. The Morgan fingerprint density at radius 3 is 2.23 bits per heavy atom. The molecule has 168 valence electrons. The van der Waals surface area contributed by atoms with Crippen molar-refractivity contribution < 1.29 is 13.2 Å². The van der Waals surface area contributed by atoms with Crippen LogP contribution in [0.2, 0.25) is 0 Å². The Morgan fingerprint density at radius 1 is 0.935 bits per heavy atom. The van der Waals surface area contributed by atoms with Gasteiger partial charge in [0.15, 0.2) is 11.6 Å². The molecule has 9 heteroatoms. The van der Waals surface area contributed by atoms with Crippen molar-refractivity contribution >= 4 is 21.7 Å². The molecule has 0 radical (unpaired) electrons. The van der Waals surface area contributed by atoms with E-state index in [0.717, 1.165) is 24.6 Å². The molecule has 0 saturated carbocycles. The van der Waals surface area contributed by atoms with Crippen LogP contribution in [-0.2, 0) is 10.0 Å². The third-order valence-electron chi connectivity index (χ3n) is 6.29. The van der Waals surface area contributed by atoms with Crippen LogP contribution in [0.15, 0.2) is 41.3 Å². The Balaban J connectivity index is 1.39. The van der Waals surface area contributed by atoms with Crippen LogP contribution in [0.3, 0.4) is 0 Å². The van der Waals surface area contributed by atoms with Gasteiger partial charge in [-0.3, -0.25) is 0 Å². The summed E-state index contributed by atoms with van der Waals surface area (Å²) in [5.41, 5.74) is 0. The van der Waals surface area contributed by atoms with Gasteiger partial charge >= 0.3 is 0 Å². The van der Waals surface area contributed by atoms with Gasteiger partial charge in [-0.25, -0.2) is 8.42 Å². The Labute approximate surface area is 184 Å². The quantitative estimate of drug-likeness (QED) is 0.676. The minimum atomic E-state index is -3.51. The fraction of sp³-hybridized carbons (Fsp3) is 0.545. The van der Waals surface area contributed by atoms with E-state index < -0.39 is 10.0 Å². The average molecular weight is 446 g/mol. The standard InChI is InChI=1S/C22H31N5O3S/c1-3-18-6-4-5-13-27(18)22-12-11-21(23-24-22)25-14-16-26(17-15-25)31(28,29)20-9-7-19(30-2)8-10-20/h7-12,18H,3-6,13-17H2,1-2H3. The Kier molecular flexibility index (Phi) is 6.62. The number of nitrogens with zero attached hydrogens (tertiary/aromatic N) is 5. The fourth-order valence-electron chi connectivity index (χ4n) is 4.42.